The zero-order valence-corrected chi connectivity index (χ0v) is 11.5. The lowest BCUT2D eigenvalue weighted by atomic mass is 10.1. The molecule has 4 nitrogen and oxygen atoms in total. The quantitative estimate of drug-likeness (QED) is 0.839. The summed E-state index contributed by atoms with van der Waals surface area (Å²) < 4.78 is 5.47. The minimum atomic E-state index is 0.113. The third-order valence-electron chi connectivity index (χ3n) is 2.96. The lowest BCUT2D eigenvalue weighted by Gasteiger charge is -2.14. The summed E-state index contributed by atoms with van der Waals surface area (Å²) in [7, 11) is 0. The highest BCUT2D eigenvalue weighted by atomic mass is 32.2. The van der Waals surface area contributed by atoms with Crippen molar-refractivity contribution in [2.75, 3.05) is 12.3 Å². The largest absolute Gasteiger partial charge is 0.464 e. The fourth-order valence-electron chi connectivity index (χ4n) is 2.11. The van der Waals surface area contributed by atoms with Gasteiger partial charge in [0.15, 0.2) is 5.12 Å². The van der Waals surface area contributed by atoms with E-state index in [0.29, 0.717) is 13.0 Å². The molecule has 0 aromatic carbocycles. The highest BCUT2D eigenvalue weighted by molar-refractivity contribution is 8.13. The molecule has 0 bridgehead atoms. The summed E-state index contributed by atoms with van der Waals surface area (Å²) in [5.41, 5.74) is 0. The molecule has 1 fully saturated rings. The van der Waals surface area contributed by atoms with Crippen LogP contribution in [0.2, 0.25) is 0 Å². The van der Waals surface area contributed by atoms with Gasteiger partial charge in [0.05, 0.1) is 6.54 Å². The molecule has 5 heteroatoms. The van der Waals surface area contributed by atoms with Crippen LogP contribution in [0.1, 0.15) is 24.9 Å². The van der Waals surface area contributed by atoms with Crippen molar-refractivity contribution in [2.24, 2.45) is 5.92 Å². The first-order chi connectivity index (χ1) is 8.54. The number of carbonyl (C=O) groups is 2. The molecule has 1 aliphatic rings. The van der Waals surface area contributed by atoms with Crippen molar-refractivity contribution in [3.05, 3.63) is 23.7 Å². The van der Waals surface area contributed by atoms with Gasteiger partial charge in [-0.1, -0.05) is 11.8 Å². The van der Waals surface area contributed by atoms with Crippen LogP contribution in [-0.4, -0.2) is 28.2 Å². The molecule has 0 aliphatic carbocycles. The summed E-state index contributed by atoms with van der Waals surface area (Å²) in [5, 5.41) is 0.113. The van der Waals surface area contributed by atoms with Crippen LogP contribution in [0.5, 0.6) is 0 Å². The predicted molar refractivity (Wildman–Crippen MR) is 70.1 cm³/mol. The van der Waals surface area contributed by atoms with Crippen molar-refractivity contribution in [3.63, 3.8) is 0 Å². The zero-order chi connectivity index (χ0) is 13.1. The fraction of sp³-hybridized carbons (Fsp3) is 0.538. The number of thioether (sulfide) groups is 1. The number of rotatable bonds is 4. The van der Waals surface area contributed by atoms with Gasteiger partial charge in [-0.15, -0.1) is 0 Å². The number of carbonyl (C=O) groups excluding carboxylic acids is 2. The molecule has 98 valence electrons. The van der Waals surface area contributed by atoms with Gasteiger partial charge in [0.2, 0.25) is 5.91 Å². The highest BCUT2D eigenvalue weighted by Crippen LogP contribution is 2.24. The first-order valence-electron chi connectivity index (χ1n) is 6.01. The number of amides is 1. The van der Waals surface area contributed by atoms with Crippen LogP contribution in [0.15, 0.2) is 16.5 Å². The Morgan fingerprint density at radius 3 is 2.94 bits per heavy atom. The van der Waals surface area contributed by atoms with Gasteiger partial charge in [0.1, 0.15) is 11.5 Å². The molecule has 0 radical (unpaired) electrons. The topological polar surface area (TPSA) is 50.5 Å². The monoisotopic (exact) mass is 267 g/mol. The Morgan fingerprint density at radius 2 is 2.33 bits per heavy atom. The maximum atomic E-state index is 11.8. The number of hydrogen-bond acceptors (Lipinski definition) is 4. The Labute approximate surface area is 111 Å². The molecule has 1 amide bonds. The van der Waals surface area contributed by atoms with Gasteiger partial charge < -0.3 is 9.32 Å². The Bertz CT molecular complexity index is 455. The lowest BCUT2D eigenvalue weighted by Crippen LogP contribution is -2.24. The van der Waals surface area contributed by atoms with E-state index in [1.165, 1.54) is 11.8 Å². The summed E-state index contributed by atoms with van der Waals surface area (Å²) in [6.07, 6.45) is 0.542. The fourth-order valence-corrected chi connectivity index (χ4v) is 2.81. The minimum Gasteiger partial charge on any atom is -0.464 e. The van der Waals surface area contributed by atoms with E-state index in [4.69, 9.17) is 4.42 Å². The zero-order valence-electron chi connectivity index (χ0n) is 10.6. The molecule has 1 aromatic heterocycles. The SMILES string of the molecule is CC(=O)SCC1CC(=O)N(Cc2ccc(C)o2)C1. The van der Waals surface area contributed by atoms with Gasteiger partial charge >= 0.3 is 0 Å². The van der Waals surface area contributed by atoms with Crippen LogP contribution in [0, 0.1) is 12.8 Å². The number of likely N-dealkylation sites (tertiary alicyclic amines) is 1. The molecule has 2 heterocycles. The van der Waals surface area contributed by atoms with Crippen molar-refractivity contribution in [2.45, 2.75) is 26.8 Å². The van der Waals surface area contributed by atoms with Crippen molar-refractivity contribution in [1.82, 2.24) is 4.90 Å². The molecule has 1 saturated heterocycles. The molecular formula is C13H17NO3S. The van der Waals surface area contributed by atoms with E-state index in [-0.39, 0.29) is 16.9 Å². The Hall–Kier alpha value is -1.23. The third kappa shape index (κ3) is 3.38. The molecule has 0 N–H and O–H groups in total. The molecule has 1 atom stereocenters. The van der Waals surface area contributed by atoms with Gasteiger partial charge in [-0.3, -0.25) is 9.59 Å². The summed E-state index contributed by atoms with van der Waals surface area (Å²) >= 11 is 1.30. The Balaban J connectivity index is 1.87. The highest BCUT2D eigenvalue weighted by Gasteiger charge is 2.30. The second-order valence-electron chi connectivity index (χ2n) is 4.66. The minimum absolute atomic E-state index is 0.113. The standard InChI is InChI=1S/C13H17NO3S/c1-9-3-4-12(17-9)7-14-6-11(5-13(14)16)8-18-10(2)15/h3-4,11H,5-8H2,1-2H3. The van der Waals surface area contributed by atoms with Crippen LogP contribution in [0.25, 0.3) is 0 Å². The van der Waals surface area contributed by atoms with Crippen molar-refractivity contribution in [1.29, 1.82) is 0 Å². The summed E-state index contributed by atoms with van der Waals surface area (Å²) in [4.78, 5) is 24.5. The number of nitrogens with zero attached hydrogens (tertiary/aromatic N) is 1. The number of furan rings is 1. The summed E-state index contributed by atoms with van der Waals surface area (Å²) in [5.74, 6) is 2.84. The van der Waals surface area contributed by atoms with Gasteiger partial charge in [-0.25, -0.2) is 0 Å². The van der Waals surface area contributed by atoms with E-state index < -0.39 is 0 Å². The van der Waals surface area contributed by atoms with E-state index in [0.717, 1.165) is 23.8 Å². The molecule has 1 aliphatic heterocycles. The molecule has 1 aromatic rings. The normalized spacial score (nSPS) is 19.6. The van der Waals surface area contributed by atoms with Gasteiger partial charge in [-0.05, 0) is 25.0 Å². The van der Waals surface area contributed by atoms with Crippen molar-refractivity contribution < 1.29 is 14.0 Å². The van der Waals surface area contributed by atoms with E-state index in [9.17, 15) is 9.59 Å². The second-order valence-corrected chi connectivity index (χ2v) is 5.86. The third-order valence-corrected chi connectivity index (χ3v) is 4.00. The first kappa shape index (κ1) is 13.2. The van der Waals surface area contributed by atoms with Crippen LogP contribution >= 0.6 is 11.8 Å². The molecule has 1 unspecified atom stereocenters. The van der Waals surface area contributed by atoms with Gasteiger partial charge in [0.25, 0.3) is 0 Å². The average Bonchev–Trinajstić information content (AvgIpc) is 2.84. The van der Waals surface area contributed by atoms with E-state index >= 15 is 0 Å². The average molecular weight is 267 g/mol. The van der Waals surface area contributed by atoms with Crippen molar-refractivity contribution in [3.8, 4) is 0 Å². The van der Waals surface area contributed by atoms with Crippen LogP contribution < -0.4 is 0 Å². The predicted octanol–water partition coefficient (Wildman–Crippen LogP) is 2.22. The smallest absolute Gasteiger partial charge is 0.223 e. The van der Waals surface area contributed by atoms with Crippen LogP contribution in [0.4, 0.5) is 0 Å². The molecule has 0 spiro atoms. The Morgan fingerprint density at radius 1 is 1.56 bits per heavy atom. The second kappa shape index (κ2) is 5.61. The van der Waals surface area contributed by atoms with Gasteiger partial charge in [0, 0.05) is 25.6 Å². The maximum Gasteiger partial charge on any atom is 0.223 e. The number of aryl methyl sites for hydroxylation is 1. The van der Waals surface area contributed by atoms with E-state index in [1.54, 1.807) is 6.92 Å². The molecule has 2 rings (SSSR count). The van der Waals surface area contributed by atoms with Crippen molar-refractivity contribution >= 4 is 22.8 Å². The molecule has 18 heavy (non-hydrogen) atoms. The molecule has 0 saturated carbocycles. The Kier molecular flexibility index (Phi) is 4.11. The van der Waals surface area contributed by atoms with Gasteiger partial charge in [-0.2, -0.15) is 0 Å². The first-order valence-corrected chi connectivity index (χ1v) is 6.99. The van der Waals surface area contributed by atoms with E-state index in [2.05, 4.69) is 0 Å². The van der Waals surface area contributed by atoms with Crippen LogP contribution in [-0.2, 0) is 16.1 Å². The maximum absolute atomic E-state index is 11.8. The lowest BCUT2D eigenvalue weighted by molar-refractivity contribution is -0.128. The summed E-state index contributed by atoms with van der Waals surface area (Å²) in [6.45, 7) is 4.71. The van der Waals surface area contributed by atoms with Crippen LogP contribution in [0.3, 0.4) is 0 Å². The number of hydrogen-bond donors (Lipinski definition) is 0. The van der Waals surface area contributed by atoms with E-state index in [1.807, 2.05) is 24.0 Å². The summed E-state index contributed by atoms with van der Waals surface area (Å²) in [6, 6.07) is 3.80. The molecular weight excluding hydrogens is 250 g/mol.